The fourth-order valence-corrected chi connectivity index (χ4v) is 12.5. The summed E-state index contributed by atoms with van der Waals surface area (Å²) in [5, 5.41) is 26.5. The van der Waals surface area contributed by atoms with E-state index in [0.29, 0.717) is 18.6 Å². The number of ether oxygens (including phenoxy) is 2. The number of carbonyl (C=O) groups is 1. The molecular formula is C43H54AcN4O7. The summed E-state index contributed by atoms with van der Waals surface area (Å²) >= 11 is 0. The van der Waals surface area contributed by atoms with Crippen LogP contribution in [0.3, 0.4) is 0 Å². The first-order valence-electron chi connectivity index (χ1n) is 19.6. The Morgan fingerprint density at radius 3 is 2.60 bits per heavy atom. The quantitative estimate of drug-likeness (QED) is 0.128. The molecule has 1 aromatic heterocycles. The van der Waals surface area contributed by atoms with Gasteiger partial charge in [-0.3, -0.25) is 9.80 Å². The van der Waals surface area contributed by atoms with Crippen molar-refractivity contribution >= 4 is 22.6 Å². The number of nitrogens with zero attached hydrogens (tertiary/aromatic N) is 3. The van der Waals surface area contributed by atoms with Gasteiger partial charge in [0.2, 0.25) is 5.60 Å². The van der Waals surface area contributed by atoms with Crippen molar-refractivity contribution < 1.29 is 78.3 Å². The standard InChI is InChI=1S/C43H54N4O7.Ac/c1-7-26-18-27-21-41(25-54-53-6,35-29(24-46(22-26)23-27)28-12-9-10-13-32(28)44-35)31-19-30-33(20-34(31)51-4)45(3)37-42(30)15-17-47-16-11-14-40(8-2,36(42)47)38(48)43(37,50)39(49)52-5;/h9-14,18-20,27,36-38,44,48,50H,7-8,15-17,21-25H2,1-6H3;/t27-,36?,37?,38?,40+,41?,42+,43?;/m0./s1. The summed E-state index contributed by atoms with van der Waals surface area (Å²) in [7, 11) is 6.50. The van der Waals surface area contributed by atoms with Crippen LogP contribution in [0.2, 0.25) is 0 Å². The summed E-state index contributed by atoms with van der Waals surface area (Å²) in [5.41, 5.74) is 3.14. The van der Waals surface area contributed by atoms with Gasteiger partial charge in [-0.15, -0.1) is 0 Å². The minimum atomic E-state index is -2.21. The number of aliphatic hydroxyl groups is 2. The summed E-state index contributed by atoms with van der Waals surface area (Å²) in [6.07, 6.45) is 8.21. The van der Waals surface area contributed by atoms with Crippen LogP contribution in [0, 0.1) is 55.4 Å². The summed E-state index contributed by atoms with van der Waals surface area (Å²) in [6, 6.07) is 12.0. The number of nitrogens with one attached hydrogen (secondary N) is 1. The average Bonchev–Trinajstić information content (AvgIpc) is 3.84. The Morgan fingerprint density at radius 2 is 1.87 bits per heavy atom. The number of fused-ring (bicyclic) bond motifs is 6. The first kappa shape index (κ1) is 39.6. The van der Waals surface area contributed by atoms with Gasteiger partial charge in [-0.05, 0) is 61.4 Å². The van der Waals surface area contributed by atoms with Crippen LogP contribution in [0.1, 0.15) is 61.9 Å². The van der Waals surface area contributed by atoms with Crippen molar-refractivity contribution in [2.45, 2.75) is 80.7 Å². The normalized spacial score (nSPS) is 35.8. The van der Waals surface area contributed by atoms with E-state index in [1.807, 2.05) is 11.9 Å². The molecule has 9 atom stereocenters. The van der Waals surface area contributed by atoms with Crippen molar-refractivity contribution in [2.75, 3.05) is 66.1 Å². The third-order valence-corrected chi connectivity index (χ3v) is 14.6. The van der Waals surface area contributed by atoms with Gasteiger partial charge in [-0.1, -0.05) is 55.8 Å². The minimum absolute atomic E-state index is 0. The fourth-order valence-electron chi connectivity index (χ4n) is 12.5. The minimum Gasteiger partial charge on any atom is -0.496 e. The second-order valence-corrected chi connectivity index (χ2v) is 16.7. The molecule has 6 unspecified atom stereocenters. The van der Waals surface area contributed by atoms with Crippen molar-refractivity contribution in [3.8, 4) is 5.75 Å². The maximum atomic E-state index is 14.0. The van der Waals surface area contributed by atoms with Crippen LogP contribution in [-0.2, 0) is 36.7 Å². The number of anilines is 1. The van der Waals surface area contributed by atoms with Gasteiger partial charge in [0.25, 0.3) is 0 Å². The van der Waals surface area contributed by atoms with E-state index in [-0.39, 0.29) is 62.6 Å². The van der Waals surface area contributed by atoms with Crippen LogP contribution in [0.5, 0.6) is 5.75 Å². The number of carbonyl (C=O) groups excluding carboxylic acids is 1. The fraction of sp³-hybridized carbons (Fsp3) is 0.558. The zero-order valence-corrected chi connectivity index (χ0v) is 37.7. The van der Waals surface area contributed by atoms with E-state index < -0.39 is 40.0 Å². The molecule has 6 aliphatic rings. The molecule has 1 spiro atoms. The van der Waals surface area contributed by atoms with E-state index in [0.717, 1.165) is 73.6 Å². The third kappa shape index (κ3) is 5.21. The number of aromatic nitrogens is 1. The van der Waals surface area contributed by atoms with Crippen LogP contribution in [0.4, 0.5) is 5.69 Å². The van der Waals surface area contributed by atoms with Crippen LogP contribution in [0.25, 0.3) is 10.9 Å². The number of hydrogen-bond donors (Lipinski definition) is 3. The molecule has 11 nitrogen and oxygen atoms in total. The Labute approximate surface area is 359 Å². The summed E-state index contributed by atoms with van der Waals surface area (Å²) < 4.78 is 11.8. The number of esters is 1. The summed E-state index contributed by atoms with van der Waals surface area (Å²) in [4.78, 5) is 36.6. The number of para-hydroxylation sites is 1. The second-order valence-electron chi connectivity index (χ2n) is 16.7. The molecule has 291 valence electrons. The Hall–Kier alpha value is -2.27. The Bertz CT molecular complexity index is 2070. The molecule has 3 aromatic rings. The van der Waals surface area contributed by atoms with E-state index in [2.05, 4.69) is 83.3 Å². The van der Waals surface area contributed by atoms with Gasteiger partial charge in [0.05, 0.1) is 39.4 Å². The molecule has 1 aliphatic carbocycles. The maximum absolute atomic E-state index is 14.0. The van der Waals surface area contributed by atoms with Gasteiger partial charge >= 0.3 is 5.97 Å². The Morgan fingerprint density at radius 1 is 1.07 bits per heavy atom. The first-order chi connectivity index (χ1) is 26.1. The molecular weight excluding hydrogens is 911 g/mol. The number of aromatic amines is 1. The molecule has 1 saturated carbocycles. The molecule has 3 N–H and O–H groups in total. The van der Waals surface area contributed by atoms with Crippen LogP contribution >= 0.6 is 0 Å². The molecule has 2 fully saturated rings. The number of methoxy groups -OCH3 is 2. The van der Waals surface area contributed by atoms with Crippen LogP contribution in [0.15, 0.2) is 60.2 Å². The second kappa shape index (κ2) is 14.2. The molecule has 12 heteroatoms. The monoisotopic (exact) mass is 965 g/mol. The van der Waals surface area contributed by atoms with E-state index in [1.165, 1.54) is 23.6 Å². The average molecular weight is 966 g/mol. The number of aliphatic hydroxyl groups excluding tert-OH is 1. The molecule has 0 amide bonds. The maximum Gasteiger partial charge on any atom is 0.342 e. The van der Waals surface area contributed by atoms with Gasteiger partial charge < -0.3 is 29.6 Å². The molecule has 1 saturated heterocycles. The zero-order valence-electron chi connectivity index (χ0n) is 32.9. The van der Waals surface area contributed by atoms with Gasteiger partial charge in [0.15, 0.2) is 0 Å². The smallest absolute Gasteiger partial charge is 0.342 e. The number of benzene rings is 2. The SMILES string of the molecule is CCC1=C[C@@H]2CN(C1)Cc1c([nH]c3ccccc13)C(COOC)(c1cc3c(cc1OC)N(C)C1C(O)(C(=O)OC)C(O)[C@]4(CC)C=CCN5CC[C@]31C54)C2.[Ac]. The molecule has 5 aliphatic heterocycles. The van der Waals surface area contributed by atoms with Gasteiger partial charge in [-0.25, -0.2) is 14.6 Å². The number of rotatable bonds is 8. The van der Waals surface area contributed by atoms with Crippen molar-refractivity contribution in [3.63, 3.8) is 0 Å². The first-order valence-corrected chi connectivity index (χ1v) is 19.6. The predicted octanol–water partition coefficient (Wildman–Crippen LogP) is 4.59. The predicted molar refractivity (Wildman–Crippen MR) is 205 cm³/mol. The largest absolute Gasteiger partial charge is 0.496 e. The Balaban J connectivity index is 0.00000427. The third-order valence-electron chi connectivity index (χ3n) is 14.6. The Kier molecular flexibility index (Phi) is 10.2. The molecule has 9 rings (SSSR count). The number of likely N-dealkylation sites (N-methyl/N-ethyl adjacent to an activating group) is 1. The van der Waals surface area contributed by atoms with Crippen molar-refractivity contribution in [1.82, 2.24) is 14.8 Å². The summed E-state index contributed by atoms with van der Waals surface area (Å²) in [5.74, 6) is 0.103. The van der Waals surface area contributed by atoms with Gasteiger partial charge in [0.1, 0.15) is 11.9 Å². The van der Waals surface area contributed by atoms with E-state index in [4.69, 9.17) is 19.2 Å². The molecule has 55 heavy (non-hydrogen) atoms. The molecule has 2 bridgehead atoms. The molecule has 2 aromatic carbocycles. The van der Waals surface area contributed by atoms with E-state index in [9.17, 15) is 15.0 Å². The summed E-state index contributed by atoms with van der Waals surface area (Å²) in [6.45, 7) is 8.69. The van der Waals surface area contributed by atoms with Gasteiger partial charge in [-0.2, -0.15) is 0 Å². The molecule has 6 heterocycles. The van der Waals surface area contributed by atoms with Crippen molar-refractivity contribution in [2.24, 2.45) is 11.3 Å². The van der Waals surface area contributed by atoms with Crippen molar-refractivity contribution in [3.05, 3.63) is 82.6 Å². The topological polar surface area (TPSA) is 120 Å². The van der Waals surface area contributed by atoms with E-state index >= 15 is 0 Å². The van der Waals surface area contributed by atoms with E-state index in [1.54, 1.807) is 14.2 Å². The van der Waals surface area contributed by atoms with Gasteiger partial charge in [0, 0.05) is 128 Å². The molecule has 1 radical (unpaired) electrons. The van der Waals surface area contributed by atoms with Crippen LogP contribution in [-0.4, -0.2) is 116 Å². The number of H-pyrrole nitrogens is 1. The van der Waals surface area contributed by atoms with Crippen LogP contribution < -0.4 is 9.64 Å². The zero-order chi connectivity index (χ0) is 37.8. The number of hydrogen-bond acceptors (Lipinski definition) is 10. The van der Waals surface area contributed by atoms with Crippen molar-refractivity contribution in [1.29, 1.82) is 0 Å².